The van der Waals surface area contributed by atoms with E-state index < -0.39 is 0 Å². The summed E-state index contributed by atoms with van der Waals surface area (Å²) in [6.45, 7) is 1.77. The van der Waals surface area contributed by atoms with Gasteiger partial charge >= 0.3 is 0 Å². The average molecular weight is 145 g/mol. The summed E-state index contributed by atoms with van der Waals surface area (Å²) in [6, 6.07) is -0.184. The van der Waals surface area contributed by atoms with E-state index in [9.17, 15) is 4.39 Å². The molecule has 1 aromatic rings. The van der Waals surface area contributed by atoms with Crippen LogP contribution in [0.4, 0.5) is 4.39 Å². The molecule has 0 aliphatic heterocycles. The molecule has 0 saturated heterocycles. The second-order valence-electron chi connectivity index (χ2n) is 1.96. The van der Waals surface area contributed by atoms with Crippen LogP contribution in [-0.2, 0) is 0 Å². The minimum Gasteiger partial charge on any atom is -0.324 e. The van der Waals surface area contributed by atoms with Crippen LogP contribution >= 0.6 is 11.3 Å². The molecule has 9 heavy (non-hydrogen) atoms. The van der Waals surface area contributed by atoms with Gasteiger partial charge in [-0.25, -0.2) is 4.39 Å². The summed E-state index contributed by atoms with van der Waals surface area (Å²) in [6.07, 6.45) is 0. The van der Waals surface area contributed by atoms with Gasteiger partial charge in [-0.05, 0) is 12.3 Å². The van der Waals surface area contributed by atoms with Crippen molar-refractivity contribution in [3.8, 4) is 0 Å². The third-order valence-corrected chi connectivity index (χ3v) is 1.87. The molecular formula is C6H8FNS. The molecule has 0 spiro atoms. The Morgan fingerprint density at radius 3 is 2.56 bits per heavy atom. The van der Waals surface area contributed by atoms with Crippen molar-refractivity contribution in [2.75, 3.05) is 0 Å². The highest BCUT2D eigenvalue weighted by molar-refractivity contribution is 7.08. The van der Waals surface area contributed by atoms with Crippen molar-refractivity contribution in [1.82, 2.24) is 0 Å². The molecule has 0 aromatic carbocycles. The van der Waals surface area contributed by atoms with Crippen LogP contribution in [-0.4, -0.2) is 0 Å². The van der Waals surface area contributed by atoms with Gasteiger partial charge < -0.3 is 5.73 Å². The zero-order valence-electron chi connectivity index (χ0n) is 5.10. The molecule has 3 heteroatoms. The molecule has 1 heterocycles. The Morgan fingerprint density at radius 2 is 2.33 bits per heavy atom. The number of hydrogen-bond donors (Lipinski definition) is 1. The largest absolute Gasteiger partial charge is 0.324 e. The van der Waals surface area contributed by atoms with Crippen molar-refractivity contribution in [3.05, 3.63) is 22.1 Å². The van der Waals surface area contributed by atoms with Crippen molar-refractivity contribution in [2.45, 2.75) is 13.0 Å². The molecule has 0 aliphatic rings. The minimum absolute atomic E-state index is 0.184. The summed E-state index contributed by atoms with van der Waals surface area (Å²) in [5.41, 5.74) is 6.04. The molecule has 0 aliphatic carbocycles. The van der Waals surface area contributed by atoms with Crippen LogP contribution in [0.5, 0.6) is 0 Å². The predicted octanol–water partition coefficient (Wildman–Crippen LogP) is 1.91. The van der Waals surface area contributed by atoms with Crippen molar-refractivity contribution in [3.63, 3.8) is 0 Å². The number of halogens is 1. The van der Waals surface area contributed by atoms with Crippen LogP contribution < -0.4 is 5.73 Å². The topological polar surface area (TPSA) is 26.0 Å². The lowest BCUT2D eigenvalue weighted by Crippen LogP contribution is -2.04. The Labute approximate surface area is 57.3 Å². The SMILES string of the molecule is CC(N)c1cscc1F. The Kier molecular flexibility index (Phi) is 1.83. The summed E-state index contributed by atoms with van der Waals surface area (Å²) in [5.74, 6) is -0.185. The van der Waals surface area contributed by atoms with Gasteiger partial charge in [0, 0.05) is 17.0 Å². The van der Waals surface area contributed by atoms with E-state index in [2.05, 4.69) is 0 Å². The van der Waals surface area contributed by atoms with Crippen LogP contribution in [0.1, 0.15) is 18.5 Å². The maximum Gasteiger partial charge on any atom is 0.138 e. The van der Waals surface area contributed by atoms with Crippen molar-refractivity contribution in [1.29, 1.82) is 0 Å². The van der Waals surface area contributed by atoms with Crippen LogP contribution in [0.3, 0.4) is 0 Å². The van der Waals surface area contributed by atoms with Gasteiger partial charge in [-0.1, -0.05) is 0 Å². The quantitative estimate of drug-likeness (QED) is 0.641. The van der Waals surface area contributed by atoms with E-state index in [1.807, 2.05) is 0 Å². The molecule has 1 nitrogen and oxygen atoms in total. The zero-order chi connectivity index (χ0) is 6.85. The molecular weight excluding hydrogens is 137 g/mol. The molecule has 1 aromatic heterocycles. The maximum absolute atomic E-state index is 12.5. The molecule has 0 fully saturated rings. The van der Waals surface area contributed by atoms with Crippen LogP contribution in [0, 0.1) is 5.82 Å². The average Bonchev–Trinajstić information content (AvgIpc) is 2.13. The van der Waals surface area contributed by atoms with E-state index in [0.29, 0.717) is 5.56 Å². The molecule has 0 amide bonds. The molecule has 50 valence electrons. The molecule has 0 saturated carbocycles. The fourth-order valence-electron chi connectivity index (χ4n) is 0.616. The lowest BCUT2D eigenvalue weighted by Gasteiger charge is -1.99. The minimum atomic E-state index is -0.185. The van der Waals surface area contributed by atoms with Gasteiger partial charge in [0.15, 0.2) is 0 Å². The molecule has 0 radical (unpaired) electrons. The summed E-state index contributed by atoms with van der Waals surface area (Å²) in [4.78, 5) is 0. The van der Waals surface area contributed by atoms with Gasteiger partial charge in [0.05, 0.1) is 0 Å². The Bertz CT molecular complexity index is 195. The number of thiophene rings is 1. The maximum atomic E-state index is 12.5. The first-order chi connectivity index (χ1) is 4.22. The normalized spacial score (nSPS) is 13.7. The van der Waals surface area contributed by atoms with Gasteiger partial charge in [-0.2, -0.15) is 0 Å². The molecule has 1 rings (SSSR count). The van der Waals surface area contributed by atoms with E-state index in [-0.39, 0.29) is 11.9 Å². The van der Waals surface area contributed by atoms with Gasteiger partial charge in [-0.15, -0.1) is 11.3 Å². The highest BCUT2D eigenvalue weighted by atomic mass is 32.1. The van der Waals surface area contributed by atoms with Gasteiger partial charge in [0.2, 0.25) is 0 Å². The Morgan fingerprint density at radius 1 is 1.67 bits per heavy atom. The first-order valence-electron chi connectivity index (χ1n) is 2.69. The lowest BCUT2D eigenvalue weighted by atomic mass is 10.2. The molecule has 1 atom stereocenters. The fraction of sp³-hybridized carbons (Fsp3) is 0.333. The highest BCUT2D eigenvalue weighted by Gasteiger charge is 2.05. The highest BCUT2D eigenvalue weighted by Crippen LogP contribution is 2.17. The van der Waals surface area contributed by atoms with E-state index in [1.54, 1.807) is 12.3 Å². The second kappa shape index (κ2) is 2.45. The predicted molar refractivity (Wildman–Crippen MR) is 36.9 cm³/mol. The van der Waals surface area contributed by atoms with Crippen molar-refractivity contribution < 1.29 is 4.39 Å². The monoisotopic (exact) mass is 145 g/mol. The fourth-order valence-corrected chi connectivity index (χ4v) is 1.41. The first-order valence-corrected chi connectivity index (χ1v) is 3.63. The number of nitrogens with two attached hydrogens (primary N) is 1. The van der Waals surface area contributed by atoms with Gasteiger partial charge in [0.25, 0.3) is 0 Å². The second-order valence-corrected chi connectivity index (χ2v) is 2.71. The third kappa shape index (κ3) is 1.28. The van der Waals surface area contributed by atoms with E-state index in [4.69, 9.17) is 5.73 Å². The van der Waals surface area contributed by atoms with Crippen LogP contribution in [0.15, 0.2) is 10.8 Å². The summed E-state index contributed by atoms with van der Waals surface area (Å²) < 4.78 is 12.5. The molecule has 2 N–H and O–H groups in total. The Balaban J connectivity index is 2.94. The standard InChI is InChI=1S/C6H8FNS/c1-4(8)5-2-9-3-6(5)7/h2-4H,8H2,1H3. The van der Waals surface area contributed by atoms with E-state index >= 15 is 0 Å². The lowest BCUT2D eigenvalue weighted by molar-refractivity contribution is 0.600. The van der Waals surface area contributed by atoms with Crippen molar-refractivity contribution in [2.24, 2.45) is 5.73 Å². The zero-order valence-corrected chi connectivity index (χ0v) is 5.91. The van der Waals surface area contributed by atoms with E-state index in [1.165, 1.54) is 16.7 Å². The Hall–Kier alpha value is -0.410. The summed E-state index contributed by atoms with van der Waals surface area (Å²) >= 11 is 1.34. The first kappa shape index (κ1) is 6.71. The number of hydrogen-bond acceptors (Lipinski definition) is 2. The van der Waals surface area contributed by atoms with Gasteiger partial charge in [0.1, 0.15) is 5.82 Å². The van der Waals surface area contributed by atoms with Crippen LogP contribution in [0.2, 0.25) is 0 Å². The smallest absolute Gasteiger partial charge is 0.138 e. The summed E-state index contributed by atoms with van der Waals surface area (Å²) in [5, 5.41) is 3.19. The molecule has 0 bridgehead atoms. The van der Waals surface area contributed by atoms with Crippen molar-refractivity contribution >= 4 is 11.3 Å². The van der Waals surface area contributed by atoms with E-state index in [0.717, 1.165) is 0 Å². The van der Waals surface area contributed by atoms with Gasteiger partial charge in [-0.3, -0.25) is 0 Å². The number of rotatable bonds is 1. The molecule has 1 unspecified atom stereocenters. The summed E-state index contributed by atoms with van der Waals surface area (Å²) in [7, 11) is 0. The van der Waals surface area contributed by atoms with Crippen LogP contribution in [0.25, 0.3) is 0 Å². The third-order valence-electron chi connectivity index (χ3n) is 1.13.